The van der Waals surface area contributed by atoms with Gasteiger partial charge in [-0.15, -0.1) is 11.3 Å². The number of hydrogen-bond donors (Lipinski definition) is 1. The molecule has 0 aliphatic rings. The molecule has 0 aliphatic carbocycles. The van der Waals surface area contributed by atoms with E-state index >= 15 is 0 Å². The third-order valence-electron chi connectivity index (χ3n) is 2.40. The Hall–Kier alpha value is -0.900. The zero-order valence-electron chi connectivity index (χ0n) is 8.58. The van der Waals surface area contributed by atoms with Gasteiger partial charge in [0.1, 0.15) is 11.9 Å². The summed E-state index contributed by atoms with van der Waals surface area (Å²) in [6.45, 7) is 1.89. The maximum Gasteiger partial charge on any atom is 0.129 e. The monoisotopic (exact) mass is 256 g/mol. The number of halogens is 2. The summed E-state index contributed by atoms with van der Waals surface area (Å²) in [5, 5.41) is 12.4. The molecule has 0 radical (unpaired) electrons. The lowest BCUT2D eigenvalue weighted by Crippen LogP contribution is -2.01. The average molecular weight is 257 g/mol. The number of aliphatic hydroxyl groups is 1. The summed E-state index contributed by atoms with van der Waals surface area (Å²) in [6.07, 6.45) is -0.946. The molecule has 1 atom stereocenters. The Balaban J connectivity index is 2.45. The molecular formula is C12H10ClFOS. The summed E-state index contributed by atoms with van der Waals surface area (Å²) in [5.41, 5.74) is 1.18. The van der Waals surface area contributed by atoms with Crippen LogP contribution < -0.4 is 0 Å². The van der Waals surface area contributed by atoms with Crippen molar-refractivity contribution in [3.63, 3.8) is 0 Å². The van der Waals surface area contributed by atoms with E-state index in [4.69, 9.17) is 11.6 Å². The van der Waals surface area contributed by atoms with E-state index in [1.807, 2.05) is 18.4 Å². The van der Waals surface area contributed by atoms with Crippen LogP contribution in [0.25, 0.3) is 0 Å². The van der Waals surface area contributed by atoms with E-state index in [0.717, 1.165) is 10.4 Å². The Kier molecular flexibility index (Phi) is 3.28. The van der Waals surface area contributed by atoms with Crippen molar-refractivity contribution >= 4 is 22.9 Å². The first-order chi connectivity index (χ1) is 7.59. The first kappa shape index (κ1) is 11.6. The van der Waals surface area contributed by atoms with Crippen molar-refractivity contribution in [3.05, 3.63) is 56.5 Å². The molecule has 1 unspecified atom stereocenters. The van der Waals surface area contributed by atoms with Crippen LogP contribution in [0.1, 0.15) is 22.1 Å². The summed E-state index contributed by atoms with van der Waals surface area (Å²) < 4.78 is 13.5. The number of hydrogen-bond acceptors (Lipinski definition) is 2. The highest BCUT2D eigenvalue weighted by Gasteiger charge is 2.18. The van der Waals surface area contributed by atoms with Crippen LogP contribution in [0.2, 0.25) is 5.02 Å². The van der Waals surface area contributed by atoms with Crippen LogP contribution in [0.3, 0.4) is 0 Å². The number of thiophene rings is 1. The van der Waals surface area contributed by atoms with E-state index in [-0.39, 0.29) is 5.56 Å². The Labute approximate surface area is 102 Å². The molecule has 0 aliphatic heterocycles. The largest absolute Gasteiger partial charge is 0.383 e. The van der Waals surface area contributed by atoms with Crippen molar-refractivity contribution in [3.8, 4) is 0 Å². The molecule has 16 heavy (non-hydrogen) atoms. The van der Waals surface area contributed by atoms with Crippen molar-refractivity contribution in [2.24, 2.45) is 0 Å². The van der Waals surface area contributed by atoms with Gasteiger partial charge in [-0.25, -0.2) is 4.39 Å². The summed E-state index contributed by atoms with van der Waals surface area (Å²) in [5.74, 6) is -0.440. The highest BCUT2D eigenvalue weighted by atomic mass is 35.5. The second kappa shape index (κ2) is 4.53. The predicted molar refractivity (Wildman–Crippen MR) is 64.5 cm³/mol. The van der Waals surface area contributed by atoms with Crippen LogP contribution >= 0.6 is 22.9 Å². The minimum atomic E-state index is -0.946. The zero-order chi connectivity index (χ0) is 11.7. The van der Waals surface area contributed by atoms with Gasteiger partial charge < -0.3 is 5.11 Å². The Morgan fingerprint density at radius 3 is 2.75 bits per heavy atom. The van der Waals surface area contributed by atoms with Gasteiger partial charge in [-0.2, -0.15) is 0 Å². The molecule has 0 spiro atoms. The Morgan fingerprint density at radius 2 is 2.12 bits per heavy atom. The number of aliphatic hydroxyl groups excluding tert-OH is 1. The lowest BCUT2D eigenvalue weighted by molar-refractivity contribution is 0.218. The predicted octanol–water partition coefficient (Wildman–Crippen LogP) is 3.93. The molecule has 0 fully saturated rings. The Bertz CT molecular complexity index is 509. The molecule has 84 valence electrons. The molecule has 1 aromatic carbocycles. The summed E-state index contributed by atoms with van der Waals surface area (Å²) in [6, 6.07) is 6.09. The maximum absolute atomic E-state index is 13.5. The fourth-order valence-electron chi connectivity index (χ4n) is 1.53. The molecule has 0 bridgehead atoms. The molecule has 0 amide bonds. The van der Waals surface area contributed by atoms with Gasteiger partial charge in [-0.1, -0.05) is 11.6 Å². The minimum Gasteiger partial charge on any atom is -0.383 e. The van der Waals surface area contributed by atoms with E-state index in [1.54, 1.807) is 0 Å². The van der Waals surface area contributed by atoms with Crippen LogP contribution in [0, 0.1) is 12.7 Å². The first-order valence-corrected chi connectivity index (χ1v) is 6.02. The molecule has 0 saturated carbocycles. The fourth-order valence-corrected chi connectivity index (χ4v) is 2.64. The van der Waals surface area contributed by atoms with Crippen molar-refractivity contribution in [1.29, 1.82) is 0 Å². The van der Waals surface area contributed by atoms with Gasteiger partial charge in [0.2, 0.25) is 0 Å². The normalized spacial score (nSPS) is 12.8. The van der Waals surface area contributed by atoms with Crippen molar-refractivity contribution in [2.45, 2.75) is 13.0 Å². The molecule has 2 aromatic rings. The van der Waals surface area contributed by atoms with Crippen LogP contribution in [-0.4, -0.2) is 5.11 Å². The van der Waals surface area contributed by atoms with E-state index in [2.05, 4.69) is 0 Å². The minimum absolute atomic E-state index is 0.220. The number of benzene rings is 1. The van der Waals surface area contributed by atoms with Gasteiger partial charge in [0.05, 0.1) is 0 Å². The summed E-state index contributed by atoms with van der Waals surface area (Å²) >= 11 is 7.19. The van der Waals surface area contributed by atoms with Gasteiger partial charge in [0.25, 0.3) is 0 Å². The van der Waals surface area contributed by atoms with Gasteiger partial charge >= 0.3 is 0 Å². The first-order valence-electron chi connectivity index (χ1n) is 4.76. The highest BCUT2D eigenvalue weighted by molar-refractivity contribution is 7.10. The highest BCUT2D eigenvalue weighted by Crippen LogP contribution is 2.31. The Morgan fingerprint density at radius 1 is 1.38 bits per heavy atom. The fraction of sp³-hybridized carbons (Fsp3) is 0.167. The second-order valence-corrected chi connectivity index (χ2v) is 4.92. The molecular weight excluding hydrogens is 247 g/mol. The standard InChI is InChI=1S/C12H10ClFOS/c1-7-4-5-16-12(7)11(15)9-6-8(13)2-3-10(9)14/h2-6,11,15H,1H3. The van der Waals surface area contributed by atoms with Gasteiger partial charge in [0, 0.05) is 15.5 Å². The zero-order valence-corrected chi connectivity index (χ0v) is 10.1. The lowest BCUT2D eigenvalue weighted by Gasteiger charge is -2.11. The quantitative estimate of drug-likeness (QED) is 0.863. The third kappa shape index (κ3) is 2.12. The van der Waals surface area contributed by atoms with Crippen molar-refractivity contribution in [2.75, 3.05) is 0 Å². The maximum atomic E-state index is 13.5. The molecule has 0 saturated heterocycles. The third-order valence-corrected chi connectivity index (χ3v) is 3.71. The van der Waals surface area contributed by atoms with Crippen LogP contribution in [-0.2, 0) is 0 Å². The van der Waals surface area contributed by atoms with Gasteiger partial charge in [-0.3, -0.25) is 0 Å². The van der Waals surface area contributed by atoms with Crippen LogP contribution in [0.5, 0.6) is 0 Å². The van der Waals surface area contributed by atoms with Gasteiger partial charge in [0.15, 0.2) is 0 Å². The van der Waals surface area contributed by atoms with E-state index in [0.29, 0.717) is 5.02 Å². The topological polar surface area (TPSA) is 20.2 Å². The van der Waals surface area contributed by atoms with E-state index in [1.165, 1.54) is 29.5 Å². The molecule has 1 heterocycles. The molecule has 1 nitrogen and oxygen atoms in total. The molecule has 4 heteroatoms. The second-order valence-electron chi connectivity index (χ2n) is 3.54. The average Bonchev–Trinajstić information content (AvgIpc) is 2.67. The van der Waals surface area contributed by atoms with Crippen molar-refractivity contribution < 1.29 is 9.50 Å². The summed E-state index contributed by atoms with van der Waals surface area (Å²) in [4.78, 5) is 0.751. The summed E-state index contributed by atoms with van der Waals surface area (Å²) in [7, 11) is 0. The van der Waals surface area contributed by atoms with Crippen LogP contribution in [0.15, 0.2) is 29.6 Å². The molecule has 2 rings (SSSR count). The van der Waals surface area contributed by atoms with E-state index < -0.39 is 11.9 Å². The number of rotatable bonds is 2. The lowest BCUT2D eigenvalue weighted by atomic mass is 10.1. The smallest absolute Gasteiger partial charge is 0.129 e. The van der Waals surface area contributed by atoms with Crippen molar-refractivity contribution in [1.82, 2.24) is 0 Å². The van der Waals surface area contributed by atoms with Crippen LogP contribution in [0.4, 0.5) is 4.39 Å². The molecule has 1 N–H and O–H groups in total. The SMILES string of the molecule is Cc1ccsc1C(O)c1cc(Cl)ccc1F. The van der Waals surface area contributed by atoms with Gasteiger partial charge in [-0.05, 0) is 42.1 Å². The molecule has 1 aromatic heterocycles. The van der Waals surface area contributed by atoms with E-state index in [9.17, 15) is 9.50 Å². The number of aryl methyl sites for hydroxylation is 1.